The lowest BCUT2D eigenvalue weighted by Crippen LogP contribution is -2.54. The van der Waals surface area contributed by atoms with Crippen LogP contribution >= 0.6 is 0 Å². The minimum Gasteiger partial charge on any atom is -0.481 e. The maximum absolute atomic E-state index is 12.4. The first-order valence-electron chi connectivity index (χ1n) is 9.52. The van der Waals surface area contributed by atoms with Gasteiger partial charge in [-0.15, -0.1) is 0 Å². The monoisotopic (exact) mass is 355 g/mol. The Bertz CT molecular complexity index is 910. The quantitative estimate of drug-likeness (QED) is 0.853. The number of nitrogens with one attached hydrogen (secondary N) is 1. The van der Waals surface area contributed by atoms with Crippen LogP contribution in [0.15, 0.2) is 27.4 Å². The molecule has 2 aromatic rings. The van der Waals surface area contributed by atoms with Crippen molar-refractivity contribution >= 4 is 16.9 Å². The number of aryl methyl sites for hydroxylation is 1. The largest absolute Gasteiger partial charge is 0.481 e. The van der Waals surface area contributed by atoms with Crippen LogP contribution in [-0.2, 0) is 17.6 Å². The third-order valence-electron chi connectivity index (χ3n) is 5.76. The Morgan fingerprint density at radius 3 is 2.62 bits per heavy atom. The Hall–Kier alpha value is -2.30. The van der Waals surface area contributed by atoms with Crippen LogP contribution in [-0.4, -0.2) is 17.6 Å². The molecular formula is C21H25NO4. The van der Waals surface area contributed by atoms with Crippen molar-refractivity contribution in [1.29, 1.82) is 0 Å². The first-order valence-corrected chi connectivity index (χ1v) is 9.52. The van der Waals surface area contributed by atoms with Gasteiger partial charge in [0.15, 0.2) is 6.10 Å². The van der Waals surface area contributed by atoms with Gasteiger partial charge in [0.25, 0.3) is 5.91 Å². The molecule has 1 amide bonds. The number of hydrogen-bond donors (Lipinski definition) is 1. The number of ether oxygens (including phenoxy) is 1. The van der Waals surface area contributed by atoms with Gasteiger partial charge in [0.1, 0.15) is 11.3 Å². The van der Waals surface area contributed by atoms with Gasteiger partial charge in [-0.05, 0) is 76.5 Å². The molecule has 0 bridgehead atoms. The van der Waals surface area contributed by atoms with Crippen molar-refractivity contribution in [3.8, 4) is 5.75 Å². The summed E-state index contributed by atoms with van der Waals surface area (Å²) in [6, 6.07) is 5.52. The summed E-state index contributed by atoms with van der Waals surface area (Å²) < 4.78 is 11.3. The number of fused-ring (bicyclic) bond motifs is 3. The second-order valence-corrected chi connectivity index (χ2v) is 7.88. The molecule has 138 valence electrons. The minimum atomic E-state index is -0.603. The predicted octanol–water partition coefficient (Wildman–Crippen LogP) is 3.50. The summed E-state index contributed by atoms with van der Waals surface area (Å²) in [5.74, 6) is 0.428. The highest BCUT2D eigenvalue weighted by molar-refractivity contribution is 5.84. The highest BCUT2D eigenvalue weighted by Crippen LogP contribution is 2.32. The van der Waals surface area contributed by atoms with Gasteiger partial charge in [-0.3, -0.25) is 4.79 Å². The van der Waals surface area contributed by atoms with E-state index in [1.54, 1.807) is 13.0 Å². The van der Waals surface area contributed by atoms with Crippen molar-refractivity contribution < 1.29 is 13.9 Å². The fourth-order valence-electron chi connectivity index (χ4n) is 3.99. The van der Waals surface area contributed by atoms with E-state index in [1.165, 1.54) is 0 Å². The summed E-state index contributed by atoms with van der Waals surface area (Å²) >= 11 is 0. The van der Waals surface area contributed by atoms with Crippen LogP contribution in [0.2, 0.25) is 0 Å². The van der Waals surface area contributed by atoms with E-state index in [0.717, 1.165) is 61.5 Å². The summed E-state index contributed by atoms with van der Waals surface area (Å²) in [5, 5.41) is 4.04. The summed E-state index contributed by atoms with van der Waals surface area (Å²) in [6.45, 7) is 3.81. The van der Waals surface area contributed by atoms with Crippen molar-refractivity contribution in [2.75, 3.05) is 0 Å². The van der Waals surface area contributed by atoms with Crippen LogP contribution in [0.3, 0.4) is 0 Å². The summed E-state index contributed by atoms with van der Waals surface area (Å²) in [6.07, 6.45) is 6.41. The molecule has 2 aliphatic rings. The van der Waals surface area contributed by atoms with Gasteiger partial charge in [-0.1, -0.05) is 0 Å². The first kappa shape index (κ1) is 17.1. The van der Waals surface area contributed by atoms with Gasteiger partial charge in [-0.25, -0.2) is 4.79 Å². The van der Waals surface area contributed by atoms with Crippen LogP contribution in [0, 0.1) is 0 Å². The molecule has 1 aromatic carbocycles. The fraction of sp³-hybridized carbons (Fsp3) is 0.524. The van der Waals surface area contributed by atoms with Gasteiger partial charge in [0, 0.05) is 22.6 Å². The molecule has 4 rings (SSSR count). The van der Waals surface area contributed by atoms with Crippen molar-refractivity contribution in [3.05, 3.63) is 39.7 Å². The standard InChI is InChI=1S/C21H25NO4/c1-13(19(23)22-21(2)10-5-11-21)25-14-8-9-16-15-6-3-4-7-17(15)20(24)26-18(16)12-14/h8-9,12-13H,3-7,10-11H2,1-2H3,(H,22,23). The van der Waals surface area contributed by atoms with E-state index in [4.69, 9.17) is 9.15 Å². The highest BCUT2D eigenvalue weighted by atomic mass is 16.5. The van der Waals surface area contributed by atoms with Crippen LogP contribution in [0.4, 0.5) is 0 Å². The number of benzene rings is 1. The van der Waals surface area contributed by atoms with Crippen LogP contribution in [0.5, 0.6) is 5.75 Å². The highest BCUT2D eigenvalue weighted by Gasteiger charge is 2.34. The third-order valence-corrected chi connectivity index (χ3v) is 5.76. The summed E-state index contributed by atoms with van der Waals surface area (Å²) in [5.41, 5.74) is 2.13. The summed E-state index contributed by atoms with van der Waals surface area (Å²) in [4.78, 5) is 24.6. The third kappa shape index (κ3) is 3.11. The molecule has 1 fully saturated rings. The van der Waals surface area contributed by atoms with Crippen molar-refractivity contribution in [1.82, 2.24) is 5.32 Å². The van der Waals surface area contributed by atoms with E-state index in [9.17, 15) is 9.59 Å². The molecule has 5 heteroatoms. The second-order valence-electron chi connectivity index (χ2n) is 7.88. The molecule has 0 aliphatic heterocycles. The average molecular weight is 355 g/mol. The van der Waals surface area contributed by atoms with Gasteiger partial charge < -0.3 is 14.5 Å². The van der Waals surface area contributed by atoms with Gasteiger partial charge >= 0.3 is 5.63 Å². The zero-order chi connectivity index (χ0) is 18.3. The van der Waals surface area contributed by atoms with Crippen molar-refractivity contribution in [2.24, 2.45) is 0 Å². The maximum Gasteiger partial charge on any atom is 0.339 e. The number of carbonyl (C=O) groups is 1. The molecule has 1 aromatic heterocycles. The Balaban J connectivity index is 1.55. The SMILES string of the molecule is CC(Oc1ccc2c3c(c(=O)oc2c1)CCCC3)C(=O)NC1(C)CCC1. The molecule has 0 spiro atoms. The molecule has 1 saturated carbocycles. The van der Waals surface area contributed by atoms with E-state index in [1.807, 2.05) is 12.1 Å². The Kier molecular flexibility index (Phi) is 4.25. The van der Waals surface area contributed by atoms with Gasteiger partial charge in [0.2, 0.25) is 0 Å². The first-order chi connectivity index (χ1) is 12.5. The molecule has 5 nitrogen and oxygen atoms in total. The number of amides is 1. The minimum absolute atomic E-state index is 0.0933. The Morgan fingerprint density at radius 2 is 1.92 bits per heavy atom. The molecule has 26 heavy (non-hydrogen) atoms. The molecule has 1 heterocycles. The molecule has 1 N–H and O–H groups in total. The van der Waals surface area contributed by atoms with Gasteiger partial charge in [-0.2, -0.15) is 0 Å². The number of carbonyl (C=O) groups excluding carboxylic acids is 1. The smallest absolute Gasteiger partial charge is 0.339 e. The Labute approximate surface area is 152 Å². The fourth-order valence-corrected chi connectivity index (χ4v) is 3.99. The maximum atomic E-state index is 12.4. The predicted molar refractivity (Wildman–Crippen MR) is 99.6 cm³/mol. The van der Waals surface area contributed by atoms with E-state index in [2.05, 4.69) is 12.2 Å². The van der Waals surface area contributed by atoms with E-state index >= 15 is 0 Å². The molecule has 1 unspecified atom stereocenters. The lowest BCUT2D eigenvalue weighted by molar-refractivity contribution is -0.130. The van der Waals surface area contributed by atoms with E-state index in [0.29, 0.717) is 11.3 Å². The lowest BCUT2D eigenvalue weighted by Gasteiger charge is -2.39. The van der Waals surface area contributed by atoms with E-state index in [-0.39, 0.29) is 17.1 Å². The van der Waals surface area contributed by atoms with E-state index < -0.39 is 6.10 Å². The van der Waals surface area contributed by atoms with Gasteiger partial charge in [0.05, 0.1) is 0 Å². The molecule has 0 radical (unpaired) electrons. The van der Waals surface area contributed by atoms with Crippen LogP contribution in [0.25, 0.3) is 11.0 Å². The van der Waals surface area contributed by atoms with Crippen molar-refractivity contribution in [2.45, 2.75) is 70.4 Å². The van der Waals surface area contributed by atoms with Crippen LogP contribution < -0.4 is 15.7 Å². The zero-order valence-corrected chi connectivity index (χ0v) is 15.4. The zero-order valence-electron chi connectivity index (χ0n) is 15.4. The number of hydrogen-bond acceptors (Lipinski definition) is 4. The normalized spacial score (nSPS) is 19.3. The lowest BCUT2D eigenvalue weighted by atomic mass is 9.78. The molecule has 1 atom stereocenters. The molecular weight excluding hydrogens is 330 g/mol. The second kappa shape index (κ2) is 6.45. The van der Waals surface area contributed by atoms with Crippen LogP contribution in [0.1, 0.15) is 57.1 Å². The average Bonchev–Trinajstić information content (AvgIpc) is 2.60. The molecule has 0 saturated heterocycles. The summed E-state index contributed by atoms with van der Waals surface area (Å²) in [7, 11) is 0. The molecule has 2 aliphatic carbocycles. The topological polar surface area (TPSA) is 68.5 Å². The Morgan fingerprint density at radius 1 is 1.19 bits per heavy atom. The van der Waals surface area contributed by atoms with Crippen molar-refractivity contribution in [3.63, 3.8) is 0 Å². The number of rotatable bonds is 4.